The lowest BCUT2D eigenvalue weighted by molar-refractivity contribution is -0.142. The van der Waals surface area contributed by atoms with Gasteiger partial charge in [-0.25, -0.2) is 0 Å². The van der Waals surface area contributed by atoms with E-state index in [1.807, 2.05) is 21.0 Å². The number of rotatable bonds is 5. The minimum Gasteiger partial charge on any atom is -0.468 e. The van der Waals surface area contributed by atoms with Crippen LogP contribution in [0.5, 0.6) is 0 Å². The molecular formula is C14H22N2O2. The first kappa shape index (κ1) is 14.5. The van der Waals surface area contributed by atoms with Crippen LogP contribution in [0.1, 0.15) is 25.5 Å². The Morgan fingerprint density at radius 3 is 2.22 bits per heavy atom. The van der Waals surface area contributed by atoms with E-state index in [1.54, 1.807) is 6.92 Å². The molecule has 0 aliphatic rings. The lowest BCUT2D eigenvalue weighted by Gasteiger charge is -2.19. The van der Waals surface area contributed by atoms with E-state index in [4.69, 9.17) is 4.74 Å². The first-order valence-corrected chi connectivity index (χ1v) is 6.07. The number of benzene rings is 1. The van der Waals surface area contributed by atoms with Gasteiger partial charge in [-0.1, -0.05) is 12.1 Å². The third-order valence-electron chi connectivity index (χ3n) is 2.96. The Balaban J connectivity index is 2.67. The van der Waals surface area contributed by atoms with Crippen LogP contribution >= 0.6 is 0 Å². The molecule has 1 N–H and O–H groups in total. The second kappa shape index (κ2) is 6.40. The van der Waals surface area contributed by atoms with Gasteiger partial charge in [0.25, 0.3) is 0 Å². The number of esters is 1. The van der Waals surface area contributed by atoms with Gasteiger partial charge in [0, 0.05) is 25.8 Å². The van der Waals surface area contributed by atoms with E-state index in [-0.39, 0.29) is 18.1 Å². The number of methoxy groups -OCH3 is 1. The summed E-state index contributed by atoms with van der Waals surface area (Å²) in [6.45, 7) is 3.83. The molecule has 1 rings (SSSR count). The maximum atomic E-state index is 11.3. The zero-order chi connectivity index (χ0) is 13.7. The maximum absolute atomic E-state index is 11.3. The fourth-order valence-corrected chi connectivity index (χ4v) is 1.78. The summed E-state index contributed by atoms with van der Waals surface area (Å²) in [6.07, 6.45) is 0. The fraction of sp³-hybridized carbons (Fsp3) is 0.500. The number of nitrogens with zero attached hydrogens (tertiary/aromatic N) is 1. The van der Waals surface area contributed by atoms with Crippen LogP contribution in [0.15, 0.2) is 24.3 Å². The largest absolute Gasteiger partial charge is 0.468 e. The lowest BCUT2D eigenvalue weighted by Crippen LogP contribution is -2.36. The summed E-state index contributed by atoms with van der Waals surface area (Å²) < 4.78 is 4.69. The molecular weight excluding hydrogens is 228 g/mol. The van der Waals surface area contributed by atoms with Gasteiger partial charge < -0.3 is 9.64 Å². The average molecular weight is 250 g/mol. The van der Waals surface area contributed by atoms with Crippen LogP contribution in [0, 0.1) is 0 Å². The molecule has 0 fully saturated rings. The summed E-state index contributed by atoms with van der Waals surface area (Å²) in [5, 5.41) is 3.21. The van der Waals surface area contributed by atoms with Crippen LogP contribution in [0.3, 0.4) is 0 Å². The topological polar surface area (TPSA) is 41.6 Å². The summed E-state index contributed by atoms with van der Waals surface area (Å²) in [7, 11) is 5.42. The van der Waals surface area contributed by atoms with Crippen molar-refractivity contribution in [1.29, 1.82) is 0 Å². The SMILES string of the molecule is COC(=O)C(C)NC(C)c1ccc(N(C)C)cc1. The molecule has 18 heavy (non-hydrogen) atoms. The van der Waals surface area contributed by atoms with Gasteiger partial charge in [-0.05, 0) is 31.5 Å². The van der Waals surface area contributed by atoms with Gasteiger partial charge in [0.1, 0.15) is 6.04 Å². The van der Waals surface area contributed by atoms with Crippen LogP contribution < -0.4 is 10.2 Å². The smallest absolute Gasteiger partial charge is 0.322 e. The fourth-order valence-electron chi connectivity index (χ4n) is 1.78. The number of hydrogen-bond acceptors (Lipinski definition) is 4. The van der Waals surface area contributed by atoms with Crippen LogP contribution in [0.4, 0.5) is 5.69 Å². The Hall–Kier alpha value is -1.55. The van der Waals surface area contributed by atoms with E-state index in [0.717, 1.165) is 11.3 Å². The second-order valence-electron chi connectivity index (χ2n) is 4.62. The third kappa shape index (κ3) is 3.74. The van der Waals surface area contributed by atoms with Gasteiger partial charge in [0.2, 0.25) is 0 Å². The van der Waals surface area contributed by atoms with Crippen molar-refractivity contribution in [2.75, 3.05) is 26.1 Å². The number of nitrogens with one attached hydrogen (secondary N) is 1. The summed E-state index contributed by atoms with van der Waals surface area (Å²) in [4.78, 5) is 13.4. The molecule has 0 aliphatic heterocycles. The Bertz CT molecular complexity index is 387. The van der Waals surface area contributed by atoms with Crippen molar-refractivity contribution in [1.82, 2.24) is 5.32 Å². The zero-order valence-electron chi connectivity index (χ0n) is 11.7. The van der Waals surface area contributed by atoms with Crippen molar-refractivity contribution in [3.8, 4) is 0 Å². The molecule has 0 heterocycles. The molecule has 1 aromatic rings. The Kier molecular flexibility index (Phi) is 5.16. The van der Waals surface area contributed by atoms with Crippen molar-refractivity contribution >= 4 is 11.7 Å². The van der Waals surface area contributed by atoms with E-state index >= 15 is 0 Å². The molecule has 0 saturated heterocycles. The van der Waals surface area contributed by atoms with E-state index in [0.29, 0.717) is 0 Å². The summed E-state index contributed by atoms with van der Waals surface area (Å²) >= 11 is 0. The lowest BCUT2D eigenvalue weighted by atomic mass is 10.1. The van der Waals surface area contributed by atoms with E-state index in [1.165, 1.54) is 7.11 Å². The predicted molar refractivity (Wildman–Crippen MR) is 73.8 cm³/mol. The molecule has 100 valence electrons. The highest BCUT2D eigenvalue weighted by Gasteiger charge is 2.16. The maximum Gasteiger partial charge on any atom is 0.322 e. The molecule has 0 saturated carbocycles. The molecule has 2 atom stereocenters. The van der Waals surface area contributed by atoms with Crippen molar-refractivity contribution in [3.63, 3.8) is 0 Å². The average Bonchev–Trinajstić information content (AvgIpc) is 2.37. The Labute approximate surface area is 109 Å². The monoisotopic (exact) mass is 250 g/mol. The molecule has 0 aliphatic carbocycles. The first-order valence-electron chi connectivity index (χ1n) is 6.07. The standard InChI is InChI=1S/C14H22N2O2/c1-10(15-11(2)14(17)18-5)12-6-8-13(9-7-12)16(3)4/h6-11,15H,1-5H3. The van der Waals surface area contributed by atoms with Gasteiger partial charge >= 0.3 is 5.97 Å². The van der Waals surface area contributed by atoms with Crippen LogP contribution in [0.25, 0.3) is 0 Å². The van der Waals surface area contributed by atoms with Crippen LogP contribution in [-0.4, -0.2) is 33.2 Å². The van der Waals surface area contributed by atoms with Crippen molar-refractivity contribution in [3.05, 3.63) is 29.8 Å². The molecule has 1 aromatic carbocycles. The van der Waals surface area contributed by atoms with Gasteiger partial charge in [-0.15, -0.1) is 0 Å². The number of carbonyl (C=O) groups excluding carboxylic acids is 1. The highest BCUT2D eigenvalue weighted by atomic mass is 16.5. The molecule has 0 spiro atoms. The quantitative estimate of drug-likeness (QED) is 0.811. The predicted octanol–water partition coefficient (Wildman–Crippen LogP) is 1.96. The summed E-state index contributed by atoms with van der Waals surface area (Å²) in [5.74, 6) is -0.244. The minimum atomic E-state index is -0.307. The van der Waals surface area contributed by atoms with Gasteiger partial charge in [-0.2, -0.15) is 0 Å². The molecule has 0 aromatic heterocycles. The summed E-state index contributed by atoms with van der Waals surface area (Å²) in [6, 6.07) is 8.06. The first-order chi connectivity index (χ1) is 8.45. The molecule has 2 unspecified atom stereocenters. The highest BCUT2D eigenvalue weighted by Crippen LogP contribution is 2.18. The molecule has 4 nitrogen and oxygen atoms in total. The number of ether oxygens (including phenoxy) is 1. The zero-order valence-corrected chi connectivity index (χ0v) is 11.7. The third-order valence-corrected chi connectivity index (χ3v) is 2.96. The highest BCUT2D eigenvalue weighted by molar-refractivity contribution is 5.75. The van der Waals surface area contributed by atoms with E-state index in [9.17, 15) is 4.79 Å². The Morgan fingerprint density at radius 1 is 1.22 bits per heavy atom. The Morgan fingerprint density at radius 2 is 1.78 bits per heavy atom. The van der Waals surface area contributed by atoms with Gasteiger partial charge in [0.05, 0.1) is 7.11 Å². The van der Waals surface area contributed by atoms with Crippen LogP contribution in [0.2, 0.25) is 0 Å². The second-order valence-corrected chi connectivity index (χ2v) is 4.62. The minimum absolute atomic E-state index is 0.107. The number of carbonyl (C=O) groups is 1. The summed E-state index contributed by atoms with van der Waals surface area (Å²) in [5.41, 5.74) is 2.31. The van der Waals surface area contributed by atoms with Gasteiger partial charge in [0.15, 0.2) is 0 Å². The van der Waals surface area contributed by atoms with Gasteiger partial charge in [-0.3, -0.25) is 10.1 Å². The van der Waals surface area contributed by atoms with Crippen molar-refractivity contribution in [2.24, 2.45) is 0 Å². The number of hydrogen-bond donors (Lipinski definition) is 1. The van der Waals surface area contributed by atoms with E-state index in [2.05, 4.69) is 34.5 Å². The molecule has 0 radical (unpaired) electrons. The van der Waals surface area contributed by atoms with E-state index < -0.39 is 0 Å². The number of anilines is 1. The van der Waals surface area contributed by atoms with Crippen molar-refractivity contribution in [2.45, 2.75) is 25.9 Å². The van der Waals surface area contributed by atoms with Crippen molar-refractivity contribution < 1.29 is 9.53 Å². The molecule has 0 bridgehead atoms. The normalized spacial score (nSPS) is 13.8. The molecule has 0 amide bonds. The van der Waals surface area contributed by atoms with Crippen LogP contribution in [-0.2, 0) is 9.53 Å². The molecule has 4 heteroatoms.